The average Bonchev–Trinajstić information content (AvgIpc) is 2.81. The van der Waals surface area contributed by atoms with Crippen LogP contribution in [0.25, 0.3) is 10.4 Å². The van der Waals surface area contributed by atoms with Gasteiger partial charge in [-0.1, -0.05) is 17.2 Å². The second kappa shape index (κ2) is 10.1. The minimum Gasteiger partial charge on any atom is -0.486 e. The minimum atomic E-state index is -0.544. The first-order valence-electron chi connectivity index (χ1n) is 9.29. The van der Waals surface area contributed by atoms with Gasteiger partial charge in [-0.05, 0) is 17.7 Å². The molecule has 0 spiro atoms. The van der Waals surface area contributed by atoms with Crippen LogP contribution < -0.4 is 24.7 Å². The second-order valence-corrected chi connectivity index (χ2v) is 6.47. The van der Waals surface area contributed by atoms with Crippen molar-refractivity contribution in [3.8, 4) is 23.0 Å². The predicted molar refractivity (Wildman–Crippen MR) is 109 cm³/mol. The Labute approximate surface area is 180 Å². The highest BCUT2D eigenvalue weighted by Gasteiger charge is 2.29. The first kappa shape index (κ1) is 22.4. The van der Waals surface area contributed by atoms with Crippen LogP contribution in [0.1, 0.15) is 0 Å². The third-order valence-corrected chi connectivity index (χ3v) is 4.34. The lowest BCUT2D eigenvalue weighted by atomic mass is 10.2. The molecule has 32 heavy (non-hydrogen) atoms. The van der Waals surface area contributed by atoms with E-state index < -0.39 is 16.0 Å². The minimum absolute atomic E-state index is 0.0714. The fourth-order valence-electron chi connectivity index (χ4n) is 2.86. The number of hydrogen-bond acceptors (Lipinski definition) is 10. The molecule has 0 fully saturated rings. The molecule has 0 radical (unpaired) electrons. The van der Waals surface area contributed by atoms with Gasteiger partial charge >= 0.3 is 11.4 Å². The number of benzene rings is 2. The molecule has 14 nitrogen and oxygen atoms in total. The van der Waals surface area contributed by atoms with Crippen LogP contribution in [-0.4, -0.2) is 48.4 Å². The van der Waals surface area contributed by atoms with E-state index in [1.54, 1.807) is 18.2 Å². The number of nitrogens with zero attached hydrogens (tertiary/aromatic N) is 5. The van der Waals surface area contributed by atoms with Gasteiger partial charge in [0.05, 0.1) is 16.4 Å². The van der Waals surface area contributed by atoms with E-state index in [0.717, 1.165) is 0 Å². The summed E-state index contributed by atoms with van der Waals surface area (Å²) in [6.45, 7) is 0.866. The van der Waals surface area contributed by atoms with Gasteiger partial charge in [0.1, 0.15) is 25.4 Å². The van der Waals surface area contributed by atoms with Gasteiger partial charge in [-0.2, -0.15) is 0 Å². The van der Waals surface area contributed by atoms with Crippen LogP contribution in [0.2, 0.25) is 0 Å². The number of nitro groups is 2. The van der Waals surface area contributed by atoms with Crippen molar-refractivity contribution in [2.24, 2.45) is 10.8 Å². The molecule has 14 heteroatoms. The third kappa shape index (κ3) is 5.06. The quantitative estimate of drug-likeness (QED) is 0.236. The molecule has 0 bridgehead atoms. The molecule has 2 aliphatic rings. The summed E-state index contributed by atoms with van der Waals surface area (Å²) < 4.78 is 21.4. The number of nitrogens with two attached hydrogens (primary N) is 1. The SMILES string of the molecule is NCC1COc2cccc([N+](=O)[O-])c2O1.[N-]=[N+]=NCC1COc2cccc([N+](=O)[O-])c2O1. The van der Waals surface area contributed by atoms with Crippen molar-refractivity contribution in [2.45, 2.75) is 12.2 Å². The first-order chi connectivity index (χ1) is 15.4. The molecule has 0 aliphatic carbocycles. The van der Waals surface area contributed by atoms with E-state index in [9.17, 15) is 20.2 Å². The molecule has 4 rings (SSSR count). The molecule has 0 saturated carbocycles. The number of ether oxygens (including phenoxy) is 4. The number of rotatable bonds is 5. The number of fused-ring (bicyclic) bond motifs is 2. The molecule has 2 N–H and O–H groups in total. The van der Waals surface area contributed by atoms with Gasteiger partial charge in [-0.3, -0.25) is 20.2 Å². The fourth-order valence-corrected chi connectivity index (χ4v) is 2.86. The molecule has 2 aliphatic heterocycles. The zero-order chi connectivity index (χ0) is 23.1. The lowest BCUT2D eigenvalue weighted by molar-refractivity contribution is -0.386. The summed E-state index contributed by atoms with van der Waals surface area (Å²) in [6.07, 6.45) is -0.821. The van der Waals surface area contributed by atoms with Gasteiger partial charge < -0.3 is 24.7 Å². The van der Waals surface area contributed by atoms with Crippen molar-refractivity contribution < 1.29 is 28.8 Å². The average molecular weight is 446 g/mol. The van der Waals surface area contributed by atoms with Crippen molar-refractivity contribution in [2.75, 3.05) is 26.3 Å². The molecule has 2 unspecified atom stereocenters. The monoisotopic (exact) mass is 446 g/mol. The highest BCUT2D eigenvalue weighted by atomic mass is 16.6. The Morgan fingerprint density at radius 1 is 0.969 bits per heavy atom. The lowest BCUT2D eigenvalue weighted by Gasteiger charge is -2.24. The molecule has 0 amide bonds. The summed E-state index contributed by atoms with van der Waals surface area (Å²) >= 11 is 0. The first-order valence-corrected chi connectivity index (χ1v) is 9.29. The summed E-state index contributed by atoms with van der Waals surface area (Å²) in [5, 5.41) is 24.8. The smallest absolute Gasteiger partial charge is 0.314 e. The number of hydrogen-bond donors (Lipinski definition) is 1. The number of nitro benzene ring substituents is 2. The maximum atomic E-state index is 10.8. The summed E-state index contributed by atoms with van der Waals surface area (Å²) in [7, 11) is 0. The number of azide groups is 1. The van der Waals surface area contributed by atoms with Crippen molar-refractivity contribution in [3.63, 3.8) is 0 Å². The highest BCUT2D eigenvalue weighted by Crippen LogP contribution is 2.40. The third-order valence-electron chi connectivity index (χ3n) is 4.34. The van der Waals surface area contributed by atoms with Gasteiger partial charge in [0.2, 0.25) is 11.5 Å². The summed E-state index contributed by atoms with van der Waals surface area (Å²) in [5.41, 5.74) is 13.3. The van der Waals surface area contributed by atoms with Crippen LogP contribution in [0.3, 0.4) is 0 Å². The van der Waals surface area contributed by atoms with Crippen LogP contribution in [0.15, 0.2) is 41.5 Å². The summed E-state index contributed by atoms with van der Waals surface area (Å²) in [4.78, 5) is 23.0. The predicted octanol–water partition coefficient (Wildman–Crippen LogP) is 2.74. The molecular weight excluding hydrogens is 428 g/mol. The van der Waals surface area contributed by atoms with Crippen LogP contribution in [0.5, 0.6) is 23.0 Å². The molecule has 2 atom stereocenters. The second-order valence-electron chi connectivity index (χ2n) is 6.47. The van der Waals surface area contributed by atoms with E-state index in [0.29, 0.717) is 18.1 Å². The Hall–Kier alpha value is -4.29. The van der Waals surface area contributed by atoms with Crippen LogP contribution in [-0.2, 0) is 0 Å². The maximum absolute atomic E-state index is 10.8. The molecule has 0 aromatic heterocycles. The van der Waals surface area contributed by atoms with E-state index in [1.807, 2.05) is 0 Å². The van der Waals surface area contributed by atoms with Gasteiger partial charge in [-0.25, -0.2) is 0 Å². The molecule has 2 aromatic rings. The Kier molecular flexibility index (Phi) is 7.10. The van der Waals surface area contributed by atoms with Crippen molar-refractivity contribution in [3.05, 3.63) is 67.1 Å². The van der Waals surface area contributed by atoms with E-state index >= 15 is 0 Å². The Bertz CT molecular complexity index is 1060. The van der Waals surface area contributed by atoms with E-state index in [-0.39, 0.29) is 48.7 Å². The van der Waals surface area contributed by atoms with Gasteiger partial charge in [0.15, 0.2) is 11.5 Å². The normalized spacial score (nSPS) is 17.8. The zero-order valence-electron chi connectivity index (χ0n) is 16.5. The topological polar surface area (TPSA) is 198 Å². The molecule has 168 valence electrons. The zero-order valence-corrected chi connectivity index (χ0v) is 16.5. The van der Waals surface area contributed by atoms with E-state index in [1.165, 1.54) is 18.2 Å². The van der Waals surface area contributed by atoms with Gasteiger partial charge in [-0.15, -0.1) is 0 Å². The van der Waals surface area contributed by atoms with Crippen LogP contribution in [0, 0.1) is 20.2 Å². The highest BCUT2D eigenvalue weighted by molar-refractivity contribution is 5.57. The van der Waals surface area contributed by atoms with Crippen molar-refractivity contribution in [1.82, 2.24) is 0 Å². The largest absolute Gasteiger partial charge is 0.486 e. The Balaban J connectivity index is 0.000000182. The standard InChI is InChI=1S/C9H8N4O4.C9H10N2O4/c10-12-11-4-6-5-16-8-3-1-2-7(13(14)15)9(8)17-6;10-4-6-5-14-8-3-1-2-7(11(12)13)9(8)15-6/h1-3,6H,4-5H2;1-3,6H,4-5,10H2. The fraction of sp³-hybridized carbons (Fsp3) is 0.333. The molecular formula is C18H18N6O8. The summed E-state index contributed by atoms with van der Waals surface area (Å²) in [5.74, 6) is 0.983. The maximum Gasteiger partial charge on any atom is 0.314 e. The molecule has 2 aromatic carbocycles. The van der Waals surface area contributed by atoms with Crippen LogP contribution in [0.4, 0.5) is 11.4 Å². The van der Waals surface area contributed by atoms with Gasteiger partial charge in [0.25, 0.3) is 0 Å². The van der Waals surface area contributed by atoms with E-state index in [4.69, 9.17) is 30.2 Å². The molecule has 0 saturated heterocycles. The Morgan fingerprint density at radius 2 is 1.47 bits per heavy atom. The number of para-hydroxylation sites is 2. The van der Waals surface area contributed by atoms with Crippen molar-refractivity contribution in [1.29, 1.82) is 0 Å². The Morgan fingerprint density at radius 3 is 1.94 bits per heavy atom. The van der Waals surface area contributed by atoms with E-state index in [2.05, 4.69) is 10.0 Å². The summed E-state index contributed by atoms with van der Waals surface area (Å²) in [6, 6.07) is 9.01. The van der Waals surface area contributed by atoms with Crippen molar-refractivity contribution >= 4 is 11.4 Å². The molecule has 2 heterocycles. The lowest BCUT2D eigenvalue weighted by Crippen LogP contribution is -2.35. The van der Waals surface area contributed by atoms with Crippen LogP contribution >= 0.6 is 0 Å². The van der Waals surface area contributed by atoms with Gasteiger partial charge in [0, 0.05) is 23.6 Å².